The average molecular weight is 378 g/mol. The maximum atomic E-state index is 10.4. The SMILES string of the molecule is Oc1[nH]c2cc(-c3ccccc3)ccc2c1C=Nc1ccc(O)c2ccccc12. The lowest BCUT2D eigenvalue weighted by atomic mass is 10.0. The van der Waals surface area contributed by atoms with Crippen molar-refractivity contribution in [1.82, 2.24) is 4.98 Å². The number of aromatic nitrogens is 1. The molecule has 3 N–H and O–H groups in total. The molecule has 0 bridgehead atoms. The van der Waals surface area contributed by atoms with E-state index in [2.05, 4.69) is 22.1 Å². The number of nitrogens with zero attached hydrogens (tertiary/aromatic N) is 1. The fraction of sp³-hybridized carbons (Fsp3) is 0. The predicted octanol–water partition coefficient (Wildman–Crippen LogP) is 6.15. The number of aromatic amines is 1. The molecular formula is C25H18N2O2. The molecule has 0 fully saturated rings. The molecule has 4 aromatic carbocycles. The smallest absolute Gasteiger partial charge is 0.198 e. The van der Waals surface area contributed by atoms with Crippen molar-refractivity contribution < 1.29 is 10.2 Å². The Kier molecular flexibility index (Phi) is 4.03. The van der Waals surface area contributed by atoms with Crippen LogP contribution in [0.25, 0.3) is 32.8 Å². The molecule has 0 unspecified atom stereocenters. The van der Waals surface area contributed by atoms with E-state index in [1.807, 2.05) is 60.7 Å². The van der Waals surface area contributed by atoms with E-state index in [-0.39, 0.29) is 11.6 Å². The summed E-state index contributed by atoms with van der Waals surface area (Å²) in [7, 11) is 0. The molecule has 4 nitrogen and oxygen atoms in total. The molecule has 0 amide bonds. The number of benzene rings is 4. The van der Waals surface area contributed by atoms with Gasteiger partial charge in [0.2, 0.25) is 0 Å². The normalized spacial score (nSPS) is 11.6. The third-order valence-corrected chi connectivity index (χ3v) is 5.14. The highest BCUT2D eigenvalue weighted by Gasteiger charge is 2.11. The van der Waals surface area contributed by atoms with Crippen molar-refractivity contribution in [2.24, 2.45) is 4.99 Å². The summed E-state index contributed by atoms with van der Waals surface area (Å²) in [6.45, 7) is 0. The van der Waals surface area contributed by atoms with Crippen molar-refractivity contribution in [3.8, 4) is 22.8 Å². The molecule has 0 spiro atoms. The molecule has 29 heavy (non-hydrogen) atoms. The van der Waals surface area contributed by atoms with Gasteiger partial charge in [-0.3, -0.25) is 4.99 Å². The van der Waals surface area contributed by atoms with Crippen LogP contribution in [0.3, 0.4) is 0 Å². The van der Waals surface area contributed by atoms with Crippen LogP contribution in [0.4, 0.5) is 5.69 Å². The first-order valence-corrected chi connectivity index (χ1v) is 9.35. The number of phenols is 1. The van der Waals surface area contributed by atoms with E-state index < -0.39 is 0 Å². The molecule has 0 saturated carbocycles. The number of H-pyrrole nitrogens is 1. The largest absolute Gasteiger partial charge is 0.507 e. The number of hydrogen-bond donors (Lipinski definition) is 3. The summed E-state index contributed by atoms with van der Waals surface area (Å²) in [5.41, 5.74) is 4.41. The minimum atomic E-state index is 0.0806. The number of fused-ring (bicyclic) bond motifs is 2. The summed E-state index contributed by atoms with van der Waals surface area (Å²) >= 11 is 0. The Labute approximate surface area is 167 Å². The van der Waals surface area contributed by atoms with Gasteiger partial charge in [-0.15, -0.1) is 0 Å². The molecule has 0 atom stereocenters. The molecule has 0 aliphatic rings. The third-order valence-electron chi connectivity index (χ3n) is 5.14. The standard InChI is InChI=1S/C25H18N2O2/c28-24-13-12-22(18-8-4-5-9-20(18)24)26-15-21-19-11-10-17(14-23(19)27-25(21)29)16-6-2-1-3-7-16/h1-15,27-29H. The lowest BCUT2D eigenvalue weighted by molar-refractivity contribution is 0.457. The van der Waals surface area contributed by atoms with Crippen molar-refractivity contribution in [2.75, 3.05) is 0 Å². The highest BCUT2D eigenvalue weighted by Crippen LogP contribution is 2.34. The molecule has 5 aromatic rings. The van der Waals surface area contributed by atoms with Crippen molar-refractivity contribution in [2.45, 2.75) is 0 Å². The Hall–Kier alpha value is -4.05. The van der Waals surface area contributed by atoms with Gasteiger partial charge in [-0.2, -0.15) is 0 Å². The van der Waals surface area contributed by atoms with E-state index in [4.69, 9.17) is 0 Å². The van der Waals surface area contributed by atoms with Crippen molar-refractivity contribution in [1.29, 1.82) is 0 Å². The lowest BCUT2D eigenvalue weighted by Gasteiger charge is -2.04. The van der Waals surface area contributed by atoms with Crippen LogP contribution in [0.5, 0.6) is 11.6 Å². The molecule has 140 valence electrons. The minimum absolute atomic E-state index is 0.0806. The van der Waals surface area contributed by atoms with E-state index in [0.717, 1.165) is 38.5 Å². The Morgan fingerprint density at radius 3 is 2.28 bits per heavy atom. The summed E-state index contributed by atoms with van der Waals surface area (Å²) in [6, 6.07) is 27.2. The third kappa shape index (κ3) is 3.01. The molecule has 0 saturated heterocycles. The van der Waals surface area contributed by atoms with Crippen molar-refractivity contribution in [3.05, 3.63) is 90.5 Å². The molecule has 0 radical (unpaired) electrons. The summed E-state index contributed by atoms with van der Waals surface area (Å²) in [6.07, 6.45) is 1.66. The van der Waals surface area contributed by atoms with Crippen LogP contribution in [-0.2, 0) is 0 Å². The van der Waals surface area contributed by atoms with Crippen LogP contribution in [0.15, 0.2) is 89.9 Å². The Balaban J connectivity index is 1.58. The average Bonchev–Trinajstić information content (AvgIpc) is 3.08. The Bertz CT molecular complexity index is 1370. The predicted molar refractivity (Wildman–Crippen MR) is 118 cm³/mol. The molecule has 0 aliphatic heterocycles. The van der Waals surface area contributed by atoms with Gasteiger partial charge in [-0.25, -0.2) is 0 Å². The fourth-order valence-corrected chi connectivity index (χ4v) is 3.66. The Morgan fingerprint density at radius 1 is 0.690 bits per heavy atom. The lowest BCUT2D eigenvalue weighted by Crippen LogP contribution is -1.81. The summed E-state index contributed by atoms with van der Waals surface area (Å²) in [5, 5.41) is 23.0. The summed E-state index contributed by atoms with van der Waals surface area (Å²) in [5.74, 6) is 0.306. The first-order chi connectivity index (χ1) is 14.2. The molecule has 4 heteroatoms. The van der Waals surface area contributed by atoms with Gasteiger partial charge in [0, 0.05) is 27.9 Å². The van der Waals surface area contributed by atoms with Crippen LogP contribution in [-0.4, -0.2) is 21.4 Å². The van der Waals surface area contributed by atoms with Crippen LogP contribution in [0.2, 0.25) is 0 Å². The molecular weight excluding hydrogens is 360 g/mol. The van der Waals surface area contributed by atoms with Gasteiger partial charge in [-0.05, 0) is 29.3 Å². The van der Waals surface area contributed by atoms with Crippen LogP contribution in [0, 0.1) is 0 Å². The van der Waals surface area contributed by atoms with E-state index >= 15 is 0 Å². The molecule has 0 aliphatic carbocycles. The number of aliphatic imine (C=N–C) groups is 1. The monoisotopic (exact) mass is 378 g/mol. The number of nitrogens with one attached hydrogen (secondary N) is 1. The maximum Gasteiger partial charge on any atom is 0.198 e. The van der Waals surface area contributed by atoms with E-state index in [1.54, 1.807) is 18.3 Å². The zero-order valence-electron chi connectivity index (χ0n) is 15.5. The second-order valence-electron chi connectivity index (χ2n) is 6.92. The zero-order chi connectivity index (χ0) is 19.8. The number of hydrogen-bond acceptors (Lipinski definition) is 3. The van der Waals surface area contributed by atoms with Crippen LogP contribution in [0.1, 0.15) is 5.56 Å². The summed E-state index contributed by atoms with van der Waals surface area (Å²) < 4.78 is 0. The van der Waals surface area contributed by atoms with Gasteiger partial charge in [0.1, 0.15) is 5.75 Å². The van der Waals surface area contributed by atoms with E-state index in [1.165, 1.54) is 0 Å². The maximum absolute atomic E-state index is 10.4. The number of phenolic OH excluding ortho intramolecular Hbond substituents is 1. The second kappa shape index (κ2) is 6.84. The van der Waals surface area contributed by atoms with E-state index in [9.17, 15) is 10.2 Å². The molecule has 5 rings (SSSR count). The van der Waals surface area contributed by atoms with Gasteiger partial charge in [0.15, 0.2) is 5.88 Å². The highest BCUT2D eigenvalue weighted by atomic mass is 16.3. The van der Waals surface area contributed by atoms with Crippen LogP contribution >= 0.6 is 0 Å². The number of aromatic hydroxyl groups is 2. The molecule has 1 heterocycles. The fourth-order valence-electron chi connectivity index (χ4n) is 3.66. The molecule has 1 aromatic heterocycles. The quantitative estimate of drug-likeness (QED) is 0.330. The first-order valence-electron chi connectivity index (χ1n) is 9.35. The minimum Gasteiger partial charge on any atom is -0.507 e. The summed E-state index contributed by atoms with van der Waals surface area (Å²) in [4.78, 5) is 7.64. The van der Waals surface area contributed by atoms with Gasteiger partial charge in [0.25, 0.3) is 0 Å². The van der Waals surface area contributed by atoms with Gasteiger partial charge in [0.05, 0.1) is 11.3 Å². The van der Waals surface area contributed by atoms with Gasteiger partial charge < -0.3 is 15.2 Å². The zero-order valence-corrected chi connectivity index (χ0v) is 15.5. The highest BCUT2D eigenvalue weighted by molar-refractivity contribution is 6.05. The van der Waals surface area contributed by atoms with Crippen molar-refractivity contribution in [3.63, 3.8) is 0 Å². The number of rotatable bonds is 3. The second-order valence-corrected chi connectivity index (χ2v) is 6.92. The van der Waals surface area contributed by atoms with Gasteiger partial charge in [-0.1, -0.05) is 66.7 Å². The van der Waals surface area contributed by atoms with Gasteiger partial charge >= 0.3 is 0 Å². The Morgan fingerprint density at radius 2 is 1.45 bits per heavy atom. The van der Waals surface area contributed by atoms with Crippen molar-refractivity contribution >= 4 is 33.6 Å². The van der Waals surface area contributed by atoms with Crippen LogP contribution < -0.4 is 0 Å². The first kappa shape index (κ1) is 17.1. The topological polar surface area (TPSA) is 68.6 Å². The van der Waals surface area contributed by atoms with E-state index in [0.29, 0.717) is 5.56 Å².